The van der Waals surface area contributed by atoms with E-state index in [1.165, 1.54) is 24.3 Å². The first kappa shape index (κ1) is 17.3. The molecule has 2 N–H and O–H groups in total. The molecule has 2 aromatic carbocycles. The van der Waals surface area contributed by atoms with Gasteiger partial charge in [-0.2, -0.15) is 4.73 Å². The van der Waals surface area contributed by atoms with Crippen LogP contribution >= 0.6 is 11.6 Å². The summed E-state index contributed by atoms with van der Waals surface area (Å²) in [5, 5.41) is 20.2. The molecule has 0 saturated carbocycles. The maximum absolute atomic E-state index is 12.8. The van der Waals surface area contributed by atoms with Crippen molar-refractivity contribution in [2.45, 2.75) is 18.8 Å². The van der Waals surface area contributed by atoms with Crippen molar-refractivity contribution in [3.63, 3.8) is 0 Å². The quantitative estimate of drug-likeness (QED) is 0.660. The summed E-state index contributed by atoms with van der Waals surface area (Å²) in [5.74, 6) is -1.63. The number of carbonyl (C=O) groups is 2. The number of rotatable bonds is 2. The number of hydrogen-bond donors (Lipinski definition) is 2. The summed E-state index contributed by atoms with van der Waals surface area (Å²) in [7, 11) is 0. The smallest absolute Gasteiger partial charge is 0.335 e. The average Bonchev–Trinajstić information content (AvgIpc) is 2.65. The van der Waals surface area contributed by atoms with Gasteiger partial charge in [0.25, 0.3) is 0 Å². The normalized spacial score (nSPS) is 16.3. The molecule has 0 amide bonds. The van der Waals surface area contributed by atoms with E-state index in [4.69, 9.17) is 16.7 Å². The number of benzene rings is 2. The van der Waals surface area contributed by atoms with E-state index >= 15 is 0 Å². The van der Waals surface area contributed by atoms with Gasteiger partial charge in [0.05, 0.1) is 27.7 Å². The molecular weight excluding hydrogens is 370 g/mol. The number of fused-ring (bicyclic) bond motifs is 2. The van der Waals surface area contributed by atoms with E-state index in [0.29, 0.717) is 5.02 Å². The Kier molecular flexibility index (Phi) is 4.00. The lowest BCUT2D eigenvalue weighted by Gasteiger charge is -2.25. The second-order valence-electron chi connectivity index (χ2n) is 6.58. The van der Waals surface area contributed by atoms with Gasteiger partial charge in [0.15, 0.2) is 5.78 Å². The van der Waals surface area contributed by atoms with E-state index in [2.05, 4.69) is 0 Å². The first-order valence-electron chi connectivity index (χ1n) is 8.29. The molecule has 0 spiro atoms. The van der Waals surface area contributed by atoms with Crippen LogP contribution in [0.4, 0.5) is 0 Å². The predicted octanol–water partition coefficient (Wildman–Crippen LogP) is 3.50. The lowest BCUT2D eigenvalue weighted by Crippen LogP contribution is -2.30. The van der Waals surface area contributed by atoms with E-state index < -0.39 is 11.4 Å². The van der Waals surface area contributed by atoms with E-state index in [1.54, 1.807) is 18.2 Å². The van der Waals surface area contributed by atoms with Crippen molar-refractivity contribution in [3.05, 3.63) is 80.1 Å². The highest BCUT2D eigenvalue weighted by atomic mass is 35.5. The summed E-state index contributed by atoms with van der Waals surface area (Å²) in [4.78, 5) is 36.5. The number of hydrogen-bond acceptors (Lipinski definition) is 4. The zero-order valence-corrected chi connectivity index (χ0v) is 14.7. The monoisotopic (exact) mass is 383 g/mol. The lowest BCUT2D eigenvalue weighted by atomic mass is 9.81. The molecule has 0 saturated heterocycles. The Bertz CT molecular complexity index is 1160. The minimum Gasteiger partial charge on any atom is -0.478 e. The highest BCUT2D eigenvalue weighted by Crippen LogP contribution is 2.33. The summed E-state index contributed by atoms with van der Waals surface area (Å²) < 4.78 is 0.887. The minimum atomic E-state index is -1.03. The van der Waals surface area contributed by atoms with Crippen LogP contribution in [0.3, 0.4) is 0 Å². The summed E-state index contributed by atoms with van der Waals surface area (Å²) in [6.07, 6.45) is 0.401. The number of carbonyl (C=O) groups excluding carboxylic acids is 1. The third-order valence-electron chi connectivity index (χ3n) is 4.98. The number of ketones is 1. The number of Topliss-reactive ketones (excluding diaryl/α,β-unsaturated/α-hetero) is 1. The Morgan fingerprint density at radius 1 is 1.07 bits per heavy atom. The standard InChI is InChI=1S/C20H14ClNO5/c21-13-5-6-15-14(9-13)19(24)18-16(22(15)27)7-12(8-17(18)23)10-1-3-11(4-2-10)20(25)26/h1-6,9,12,27H,7-8H2,(H,25,26). The molecule has 27 heavy (non-hydrogen) atoms. The van der Waals surface area contributed by atoms with Crippen LogP contribution in [0.5, 0.6) is 0 Å². The van der Waals surface area contributed by atoms with Crippen molar-refractivity contribution in [2.24, 2.45) is 0 Å². The second-order valence-corrected chi connectivity index (χ2v) is 7.02. The number of pyridine rings is 1. The molecule has 1 atom stereocenters. The number of nitrogens with zero attached hydrogens (tertiary/aromatic N) is 1. The number of aromatic carboxylic acids is 1. The first-order chi connectivity index (χ1) is 12.9. The van der Waals surface area contributed by atoms with Crippen molar-refractivity contribution in [3.8, 4) is 0 Å². The van der Waals surface area contributed by atoms with Crippen LogP contribution in [-0.4, -0.2) is 26.8 Å². The second kappa shape index (κ2) is 6.25. The van der Waals surface area contributed by atoms with Crippen LogP contribution in [0, 0.1) is 0 Å². The average molecular weight is 384 g/mol. The molecule has 3 aromatic rings. The van der Waals surface area contributed by atoms with Gasteiger partial charge in [-0.25, -0.2) is 4.79 Å². The number of carboxylic acids is 1. The summed E-state index contributed by atoms with van der Waals surface area (Å²) in [6.45, 7) is 0. The molecule has 4 rings (SSSR count). The minimum absolute atomic E-state index is 0.00864. The fraction of sp³-hybridized carbons (Fsp3) is 0.150. The zero-order chi connectivity index (χ0) is 19.3. The molecule has 6 nitrogen and oxygen atoms in total. The maximum atomic E-state index is 12.8. The molecule has 1 aliphatic carbocycles. The Morgan fingerprint density at radius 2 is 1.78 bits per heavy atom. The van der Waals surface area contributed by atoms with Gasteiger partial charge in [-0.1, -0.05) is 23.7 Å². The summed E-state index contributed by atoms with van der Waals surface area (Å²) in [5.41, 5.74) is 1.05. The van der Waals surface area contributed by atoms with E-state index in [1.807, 2.05) is 0 Å². The Balaban J connectivity index is 1.83. The fourth-order valence-corrected chi connectivity index (χ4v) is 3.81. The van der Waals surface area contributed by atoms with Crippen molar-refractivity contribution in [1.82, 2.24) is 4.73 Å². The highest BCUT2D eigenvalue weighted by molar-refractivity contribution is 6.31. The lowest BCUT2D eigenvalue weighted by molar-refractivity contribution is 0.0696. The van der Waals surface area contributed by atoms with Crippen LogP contribution < -0.4 is 5.43 Å². The van der Waals surface area contributed by atoms with Gasteiger partial charge in [0, 0.05) is 11.4 Å². The fourth-order valence-electron chi connectivity index (χ4n) is 3.63. The number of carboxylic acid groups (broad SMARTS) is 1. The van der Waals surface area contributed by atoms with Crippen LogP contribution in [0.15, 0.2) is 47.3 Å². The molecule has 136 valence electrons. The molecule has 1 aliphatic rings. The third-order valence-corrected chi connectivity index (χ3v) is 5.22. The molecule has 7 heteroatoms. The van der Waals surface area contributed by atoms with E-state index in [9.17, 15) is 19.6 Å². The molecule has 0 radical (unpaired) electrons. The Morgan fingerprint density at radius 3 is 2.44 bits per heavy atom. The van der Waals surface area contributed by atoms with Gasteiger partial charge >= 0.3 is 5.97 Å². The van der Waals surface area contributed by atoms with E-state index in [-0.39, 0.29) is 52.3 Å². The van der Waals surface area contributed by atoms with Gasteiger partial charge in [-0.15, -0.1) is 0 Å². The van der Waals surface area contributed by atoms with Gasteiger partial charge in [0.1, 0.15) is 0 Å². The highest BCUT2D eigenvalue weighted by Gasteiger charge is 2.32. The topological polar surface area (TPSA) is 96.6 Å². The van der Waals surface area contributed by atoms with E-state index in [0.717, 1.165) is 10.3 Å². The molecule has 1 heterocycles. The largest absolute Gasteiger partial charge is 0.478 e. The molecule has 0 aliphatic heterocycles. The van der Waals surface area contributed by atoms with Gasteiger partial charge < -0.3 is 10.3 Å². The van der Waals surface area contributed by atoms with Crippen molar-refractivity contribution in [1.29, 1.82) is 0 Å². The molecule has 1 aromatic heterocycles. The van der Waals surface area contributed by atoms with Gasteiger partial charge in [0.2, 0.25) is 5.43 Å². The SMILES string of the molecule is O=C(O)c1ccc(C2CC(=O)c3c(n(O)c4ccc(Cl)cc4c3=O)C2)cc1. The molecular formula is C20H14ClNO5. The molecule has 0 bridgehead atoms. The van der Waals surface area contributed by atoms with Crippen molar-refractivity contribution in [2.75, 3.05) is 0 Å². The number of halogens is 1. The predicted molar refractivity (Wildman–Crippen MR) is 99.2 cm³/mol. The number of aromatic nitrogens is 1. The van der Waals surface area contributed by atoms with Crippen LogP contribution in [0.1, 0.15) is 44.3 Å². The zero-order valence-electron chi connectivity index (χ0n) is 14.0. The Hall–Kier alpha value is -3.12. The Labute approximate surface area is 158 Å². The molecule has 0 fully saturated rings. The van der Waals surface area contributed by atoms with Crippen LogP contribution in [-0.2, 0) is 6.42 Å². The van der Waals surface area contributed by atoms with Crippen molar-refractivity contribution >= 4 is 34.3 Å². The summed E-state index contributed by atoms with van der Waals surface area (Å²) >= 11 is 5.94. The third kappa shape index (κ3) is 2.78. The first-order valence-corrected chi connectivity index (χ1v) is 8.67. The maximum Gasteiger partial charge on any atom is 0.335 e. The van der Waals surface area contributed by atoms with Gasteiger partial charge in [-0.05, 0) is 48.2 Å². The van der Waals surface area contributed by atoms with Crippen LogP contribution in [0.2, 0.25) is 5.02 Å². The van der Waals surface area contributed by atoms with Crippen LogP contribution in [0.25, 0.3) is 10.9 Å². The van der Waals surface area contributed by atoms with Gasteiger partial charge in [-0.3, -0.25) is 9.59 Å². The summed E-state index contributed by atoms with van der Waals surface area (Å²) in [6, 6.07) is 10.8. The van der Waals surface area contributed by atoms with Crippen molar-refractivity contribution < 1.29 is 19.9 Å². The molecule has 1 unspecified atom stereocenters.